The number of esters is 1. The number of nitrogens with zero attached hydrogens (tertiary/aromatic N) is 3. The van der Waals surface area contributed by atoms with Crippen LogP contribution < -0.4 is 10.5 Å². The second-order valence-corrected chi connectivity index (χ2v) is 7.58. The largest absolute Gasteiger partial charge is 0.462 e. The van der Waals surface area contributed by atoms with E-state index in [1.54, 1.807) is 6.92 Å². The van der Waals surface area contributed by atoms with Gasteiger partial charge in [-0.05, 0) is 36.8 Å². The molecular weight excluding hydrogens is 428 g/mol. The first-order valence-electron chi connectivity index (χ1n) is 10.0. The number of rotatable bonds is 4. The fraction of sp³-hybridized carbons (Fsp3) is 0.0833. The topological polar surface area (TPSA) is 79.7 Å². The minimum absolute atomic E-state index is 0.118. The van der Waals surface area contributed by atoms with Crippen molar-refractivity contribution < 1.29 is 14.5 Å². The van der Waals surface area contributed by atoms with Gasteiger partial charge in [0.25, 0.3) is 0 Å². The highest BCUT2D eigenvalue weighted by Crippen LogP contribution is 2.33. The maximum absolute atomic E-state index is 13.0. The second-order valence-electron chi connectivity index (χ2n) is 7.14. The molecule has 7 nitrogen and oxygen atoms in total. The van der Waals surface area contributed by atoms with Crippen molar-refractivity contribution in [3.63, 3.8) is 0 Å². The number of carbonyl (C=O) groups is 1. The minimum atomic E-state index is -0.695. The van der Waals surface area contributed by atoms with Crippen molar-refractivity contribution in [1.82, 2.24) is 14.0 Å². The van der Waals surface area contributed by atoms with E-state index < -0.39 is 11.5 Å². The molecule has 158 valence electrons. The smallest absolute Gasteiger partial charge is 0.346 e. The Morgan fingerprint density at radius 2 is 1.88 bits per heavy atom. The molecule has 8 heteroatoms. The number of hydrogen-bond donors (Lipinski definition) is 0. The first kappa shape index (κ1) is 20.0. The van der Waals surface area contributed by atoms with Crippen molar-refractivity contribution in [2.75, 3.05) is 6.61 Å². The number of nitrogens with one attached hydrogen (secondary N) is 1. The molecule has 0 fully saturated rings. The third-order valence-electron chi connectivity index (χ3n) is 5.24. The van der Waals surface area contributed by atoms with Gasteiger partial charge in [-0.25, -0.2) is 19.1 Å². The highest BCUT2D eigenvalue weighted by Gasteiger charge is 2.24. The van der Waals surface area contributed by atoms with Crippen molar-refractivity contribution >= 4 is 34.3 Å². The molecule has 32 heavy (non-hydrogen) atoms. The van der Waals surface area contributed by atoms with Crippen LogP contribution in [0.4, 0.5) is 0 Å². The van der Waals surface area contributed by atoms with Gasteiger partial charge in [-0.15, -0.1) is 0 Å². The molecule has 3 heterocycles. The zero-order valence-corrected chi connectivity index (χ0v) is 17.8. The number of fused-ring (bicyclic) bond motifs is 3. The number of hydrogen-bond acceptors (Lipinski definition) is 4. The molecule has 2 aromatic carbocycles. The van der Waals surface area contributed by atoms with Crippen LogP contribution in [0.1, 0.15) is 17.3 Å². The summed E-state index contributed by atoms with van der Waals surface area (Å²) >= 11 is 6.09. The zero-order valence-electron chi connectivity index (χ0n) is 17.1. The Balaban J connectivity index is 1.85. The van der Waals surface area contributed by atoms with Gasteiger partial charge in [0.2, 0.25) is 11.3 Å². The molecule has 3 aromatic heterocycles. The zero-order chi connectivity index (χ0) is 22.2. The Morgan fingerprint density at radius 1 is 1.12 bits per heavy atom. The first-order valence-corrected chi connectivity index (χ1v) is 10.4. The van der Waals surface area contributed by atoms with E-state index in [0.29, 0.717) is 10.7 Å². The summed E-state index contributed by atoms with van der Waals surface area (Å²) in [5, 5.41) is 1.37. The van der Waals surface area contributed by atoms with Gasteiger partial charge in [-0.3, -0.25) is 4.98 Å². The van der Waals surface area contributed by atoms with E-state index in [-0.39, 0.29) is 12.2 Å². The summed E-state index contributed by atoms with van der Waals surface area (Å²) in [6, 6.07) is 17.3. The van der Waals surface area contributed by atoms with Crippen LogP contribution in [-0.4, -0.2) is 26.5 Å². The van der Waals surface area contributed by atoms with E-state index in [4.69, 9.17) is 16.3 Å². The van der Waals surface area contributed by atoms with Gasteiger partial charge in [0, 0.05) is 10.6 Å². The Hall–Kier alpha value is -3.97. The third kappa shape index (κ3) is 3.23. The number of halogens is 1. The molecule has 0 aliphatic rings. The molecule has 0 saturated carbocycles. The number of aromatic nitrogens is 4. The molecular formula is C24H18ClN4O3+. The molecule has 0 atom stereocenters. The number of H-pyrrole nitrogens is 1. The average Bonchev–Trinajstić information content (AvgIpc) is 3.21. The molecule has 0 aliphatic heterocycles. The van der Waals surface area contributed by atoms with E-state index >= 15 is 0 Å². The SMILES string of the molecule is CCOC(=O)c1cnc2c3c(-c4ccc(Cl)cc4)cn(-c4ccccc4)c3[nH+]cn2c1=O. The van der Waals surface area contributed by atoms with Gasteiger partial charge < -0.3 is 4.74 Å². The van der Waals surface area contributed by atoms with E-state index in [1.165, 1.54) is 16.9 Å². The van der Waals surface area contributed by atoms with Crippen LogP contribution in [0, 0.1) is 0 Å². The number of aromatic amines is 1. The normalized spacial score (nSPS) is 11.2. The molecule has 0 aliphatic carbocycles. The van der Waals surface area contributed by atoms with Crippen molar-refractivity contribution in [2.45, 2.75) is 6.92 Å². The van der Waals surface area contributed by atoms with Gasteiger partial charge in [0.15, 0.2) is 11.9 Å². The number of carbonyl (C=O) groups excluding carboxylic acids is 1. The number of benzene rings is 2. The van der Waals surface area contributed by atoms with Crippen LogP contribution in [0.25, 0.3) is 33.5 Å². The van der Waals surface area contributed by atoms with E-state index in [9.17, 15) is 9.59 Å². The van der Waals surface area contributed by atoms with Gasteiger partial charge in [-0.2, -0.15) is 4.40 Å². The van der Waals surface area contributed by atoms with Crippen LogP contribution in [0.2, 0.25) is 5.02 Å². The highest BCUT2D eigenvalue weighted by molar-refractivity contribution is 6.30. The minimum Gasteiger partial charge on any atom is -0.462 e. The standard InChI is InChI=1S/C24H17ClN4O3/c1-2-32-24(31)18-12-26-21-20-19(15-8-10-16(25)11-9-15)13-28(17-6-4-3-5-7-17)22(20)27-14-29(21)23(18)30/h3-14H,2H2,1H3/p+1. The van der Waals surface area contributed by atoms with Crippen molar-refractivity contribution in [1.29, 1.82) is 0 Å². The predicted octanol–water partition coefficient (Wildman–Crippen LogP) is 3.95. The molecule has 5 rings (SSSR count). The van der Waals surface area contributed by atoms with Crippen molar-refractivity contribution in [3.05, 3.63) is 94.3 Å². The van der Waals surface area contributed by atoms with Crippen LogP contribution in [-0.2, 0) is 4.74 Å². The maximum atomic E-state index is 13.0. The summed E-state index contributed by atoms with van der Waals surface area (Å²) in [7, 11) is 0. The summed E-state index contributed by atoms with van der Waals surface area (Å²) in [6.07, 6.45) is 4.78. The van der Waals surface area contributed by atoms with Crippen LogP contribution in [0.15, 0.2) is 78.1 Å². The van der Waals surface area contributed by atoms with Crippen LogP contribution in [0.3, 0.4) is 0 Å². The van der Waals surface area contributed by atoms with E-state index in [0.717, 1.165) is 27.8 Å². The Morgan fingerprint density at radius 3 is 2.59 bits per heavy atom. The Bertz CT molecular complexity index is 1520. The predicted molar refractivity (Wildman–Crippen MR) is 121 cm³/mol. The maximum Gasteiger partial charge on any atom is 0.346 e. The lowest BCUT2D eigenvalue weighted by atomic mass is 10.1. The van der Waals surface area contributed by atoms with Gasteiger partial charge >= 0.3 is 11.5 Å². The van der Waals surface area contributed by atoms with E-state index in [1.807, 2.05) is 65.4 Å². The fourth-order valence-corrected chi connectivity index (χ4v) is 3.89. The average molecular weight is 446 g/mol. The van der Waals surface area contributed by atoms with Gasteiger partial charge in [0.1, 0.15) is 11.1 Å². The summed E-state index contributed by atoms with van der Waals surface area (Å²) in [5.41, 5.74) is 3.30. The lowest BCUT2D eigenvalue weighted by Gasteiger charge is -2.03. The van der Waals surface area contributed by atoms with Gasteiger partial charge in [-0.1, -0.05) is 41.9 Å². The molecule has 0 radical (unpaired) electrons. The third-order valence-corrected chi connectivity index (χ3v) is 5.49. The lowest BCUT2D eigenvalue weighted by Crippen LogP contribution is -2.27. The van der Waals surface area contributed by atoms with Gasteiger partial charge in [0.05, 0.1) is 19.0 Å². The van der Waals surface area contributed by atoms with Crippen molar-refractivity contribution in [3.8, 4) is 16.8 Å². The molecule has 0 spiro atoms. The molecule has 0 saturated heterocycles. The van der Waals surface area contributed by atoms with Crippen LogP contribution >= 0.6 is 11.6 Å². The monoisotopic (exact) mass is 445 g/mol. The molecule has 0 amide bonds. The summed E-state index contributed by atoms with van der Waals surface area (Å²) in [5.74, 6) is -0.695. The highest BCUT2D eigenvalue weighted by atomic mass is 35.5. The molecule has 0 unspecified atom stereocenters. The summed E-state index contributed by atoms with van der Waals surface area (Å²) in [6.45, 7) is 1.86. The van der Waals surface area contributed by atoms with E-state index in [2.05, 4.69) is 9.97 Å². The number of ether oxygens (including phenoxy) is 1. The lowest BCUT2D eigenvalue weighted by molar-refractivity contribution is -0.354. The van der Waals surface area contributed by atoms with Crippen LogP contribution in [0.5, 0.6) is 0 Å². The quantitative estimate of drug-likeness (QED) is 0.392. The fourth-order valence-electron chi connectivity index (χ4n) is 3.76. The Labute approximate surface area is 187 Å². The molecule has 0 bridgehead atoms. The summed E-state index contributed by atoms with van der Waals surface area (Å²) in [4.78, 5) is 32.9. The summed E-state index contributed by atoms with van der Waals surface area (Å²) < 4.78 is 8.33. The Kier molecular flexibility index (Phi) is 4.95. The molecule has 1 N–H and O–H groups in total. The first-order chi connectivity index (χ1) is 15.6. The number of para-hydroxylation sites is 1. The second kappa shape index (κ2) is 7.94. The van der Waals surface area contributed by atoms with Crippen molar-refractivity contribution in [2.24, 2.45) is 0 Å². The molecule has 5 aromatic rings.